The zero-order valence-corrected chi connectivity index (χ0v) is 17.3. The van der Waals surface area contributed by atoms with E-state index in [-0.39, 0.29) is 12.5 Å². The number of esters is 1. The average molecular weight is 403 g/mol. The Morgan fingerprint density at radius 2 is 1.80 bits per heavy atom. The Labute approximate surface area is 176 Å². The zero-order chi connectivity index (χ0) is 21.1. The number of aryl methyl sites for hydroxylation is 1. The molecule has 1 heterocycles. The van der Waals surface area contributed by atoms with Crippen molar-refractivity contribution in [1.82, 2.24) is 0 Å². The van der Waals surface area contributed by atoms with Crippen LogP contribution in [0.5, 0.6) is 5.75 Å². The molecule has 1 atom stereocenters. The molecule has 4 rings (SSSR count). The molecule has 3 aromatic rings. The van der Waals surface area contributed by atoms with Gasteiger partial charge < -0.3 is 14.4 Å². The van der Waals surface area contributed by atoms with Gasteiger partial charge in [0.1, 0.15) is 5.75 Å². The molecule has 1 amide bonds. The van der Waals surface area contributed by atoms with Crippen LogP contribution >= 0.6 is 0 Å². The summed E-state index contributed by atoms with van der Waals surface area (Å²) >= 11 is 0. The highest BCUT2D eigenvalue weighted by Crippen LogP contribution is 2.28. The maximum absolute atomic E-state index is 12.7. The molecule has 3 aromatic carbocycles. The molecule has 5 nitrogen and oxygen atoms in total. The van der Waals surface area contributed by atoms with Crippen LogP contribution in [0, 0.1) is 0 Å². The van der Waals surface area contributed by atoms with Crippen LogP contribution in [0.4, 0.5) is 5.69 Å². The van der Waals surface area contributed by atoms with Crippen LogP contribution in [0.15, 0.2) is 60.7 Å². The number of para-hydroxylation sites is 1. The van der Waals surface area contributed by atoms with Gasteiger partial charge in [-0.25, -0.2) is 0 Å². The van der Waals surface area contributed by atoms with Crippen molar-refractivity contribution >= 4 is 28.3 Å². The number of fused-ring (bicyclic) bond motifs is 2. The van der Waals surface area contributed by atoms with E-state index in [0.717, 1.165) is 46.2 Å². The lowest BCUT2D eigenvalue weighted by atomic mass is 9.98. The molecule has 0 fully saturated rings. The van der Waals surface area contributed by atoms with Crippen LogP contribution in [0.25, 0.3) is 10.8 Å². The minimum absolute atomic E-state index is 0.187. The Morgan fingerprint density at radius 3 is 2.63 bits per heavy atom. The van der Waals surface area contributed by atoms with Crippen LogP contribution in [0.2, 0.25) is 0 Å². The van der Waals surface area contributed by atoms with E-state index in [9.17, 15) is 9.59 Å². The first-order valence-corrected chi connectivity index (χ1v) is 10.2. The minimum Gasteiger partial charge on any atom is -0.497 e. The van der Waals surface area contributed by atoms with Crippen molar-refractivity contribution in [2.24, 2.45) is 0 Å². The Bertz CT molecular complexity index is 1090. The molecular formula is C25H25NO4. The van der Waals surface area contributed by atoms with Gasteiger partial charge in [0, 0.05) is 12.2 Å². The lowest BCUT2D eigenvalue weighted by molar-refractivity contribution is -0.149. The highest BCUT2D eigenvalue weighted by Gasteiger charge is 2.24. The van der Waals surface area contributed by atoms with Crippen molar-refractivity contribution in [3.8, 4) is 5.75 Å². The molecular weight excluding hydrogens is 378 g/mol. The first kappa shape index (κ1) is 20.0. The molecule has 0 N–H and O–H groups in total. The van der Waals surface area contributed by atoms with Gasteiger partial charge in [0.05, 0.1) is 13.0 Å². The van der Waals surface area contributed by atoms with Gasteiger partial charge >= 0.3 is 5.97 Å². The molecule has 154 valence electrons. The standard InChI is InChI=1S/C25H25NO4/c1-17(19-9-10-21-15-22(29-2)12-11-20(21)14-19)25(28)30-16-24(27)26-13-5-7-18-6-3-4-8-23(18)26/h3-4,6,8-12,14-15,17H,5,7,13,16H2,1-2H3/t17-/m1/s1. The summed E-state index contributed by atoms with van der Waals surface area (Å²) in [7, 11) is 1.64. The first-order valence-electron chi connectivity index (χ1n) is 10.2. The second-order valence-corrected chi connectivity index (χ2v) is 7.58. The highest BCUT2D eigenvalue weighted by molar-refractivity contribution is 5.96. The van der Waals surface area contributed by atoms with Gasteiger partial charge in [0.25, 0.3) is 5.91 Å². The van der Waals surface area contributed by atoms with E-state index in [0.29, 0.717) is 6.54 Å². The Balaban J connectivity index is 1.41. The molecule has 1 aliphatic heterocycles. The van der Waals surface area contributed by atoms with Crippen LogP contribution in [-0.4, -0.2) is 32.1 Å². The fraction of sp³-hybridized carbons (Fsp3) is 0.280. The first-order chi connectivity index (χ1) is 14.6. The number of rotatable bonds is 5. The van der Waals surface area contributed by atoms with E-state index in [1.807, 2.05) is 60.7 Å². The Morgan fingerprint density at radius 1 is 1.03 bits per heavy atom. The number of carbonyl (C=O) groups excluding carboxylic acids is 2. The number of hydrogen-bond donors (Lipinski definition) is 0. The summed E-state index contributed by atoms with van der Waals surface area (Å²) in [6.07, 6.45) is 1.87. The van der Waals surface area contributed by atoms with Crippen molar-refractivity contribution < 1.29 is 19.1 Å². The van der Waals surface area contributed by atoms with Crippen LogP contribution < -0.4 is 9.64 Å². The van der Waals surface area contributed by atoms with E-state index in [4.69, 9.17) is 9.47 Å². The number of ether oxygens (including phenoxy) is 2. The summed E-state index contributed by atoms with van der Waals surface area (Å²) < 4.78 is 10.6. The summed E-state index contributed by atoms with van der Waals surface area (Å²) in [5.41, 5.74) is 2.93. The van der Waals surface area contributed by atoms with Gasteiger partial charge in [0.2, 0.25) is 0 Å². The molecule has 0 bridgehead atoms. The quantitative estimate of drug-likeness (QED) is 0.590. The van der Waals surface area contributed by atoms with Gasteiger partial charge in [-0.15, -0.1) is 0 Å². The summed E-state index contributed by atoms with van der Waals surface area (Å²) in [6.45, 7) is 2.20. The highest BCUT2D eigenvalue weighted by atomic mass is 16.5. The number of methoxy groups -OCH3 is 1. The Hall–Kier alpha value is -3.34. The largest absolute Gasteiger partial charge is 0.497 e. The topological polar surface area (TPSA) is 55.8 Å². The molecule has 1 aliphatic rings. The predicted molar refractivity (Wildman–Crippen MR) is 117 cm³/mol. The van der Waals surface area contributed by atoms with Crippen molar-refractivity contribution in [3.05, 3.63) is 71.8 Å². The molecule has 30 heavy (non-hydrogen) atoms. The molecule has 0 aliphatic carbocycles. The maximum Gasteiger partial charge on any atom is 0.313 e. The maximum atomic E-state index is 12.7. The normalized spacial score (nSPS) is 14.1. The van der Waals surface area contributed by atoms with Crippen molar-refractivity contribution in [3.63, 3.8) is 0 Å². The van der Waals surface area contributed by atoms with Gasteiger partial charge in [-0.3, -0.25) is 9.59 Å². The van der Waals surface area contributed by atoms with Crippen molar-refractivity contribution in [2.45, 2.75) is 25.7 Å². The van der Waals surface area contributed by atoms with E-state index >= 15 is 0 Å². The second-order valence-electron chi connectivity index (χ2n) is 7.58. The molecule has 0 saturated carbocycles. The number of nitrogens with zero attached hydrogens (tertiary/aromatic N) is 1. The van der Waals surface area contributed by atoms with E-state index < -0.39 is 11.9 Å². The fourth-order valence-electron chi connectivity index (χ4n) is 3.90. The third kappa shape index (κ3) is 4.01. The molecule has 0 unspecified atom stereocenters. The molecule has 0 spiro atoms. The number of carbonyl (C=O) groups is 2. The summed E-state index contributed by atoms with van der Waals surface area (Å²) in [6, 6.07) is 19.6. The smallest absolute Gasteiger partial charge is 0.313 e. The van der Waals surface area contributed by atoms with Gasteiger partial charge in [-0.05, 0) is 59.9 Å². The summed E-state index contributed by atoms with van der Waals surface area (Å²) in [4.78, 5) is 27.0. The monoisotopic (exact) mass is 403 g/mol. The van der Waals surface area contributed by atoms with Crippen LogP contribution in [-0.2, 0) is 20.7 Å². The fourth-order valence-corrected chi connectivity index (χ4v) is 3.90. The van der Waals surface area contributed by atoms with Gasteiger partial charge in [-0.1, -0.05) is 42.5 Å². The summed E-state index contributed by atoms with van der Waals surface area (Å²) in [5.74, 6) is -0.256. The molecule has 0 aromatic heterocycles. The lowest BCUT2D eigenvalue weighted by Gasteiger charge is -2.29. The van der Waals surface area contributed by atoms with E-state index in [2.05, 4.69) is 0 Å². The number of amides is 1. The van der Waals surface area contributed by atoms with Gasteiger partial charge in [-0.2, -0.15) is 0 Å². The summed E-state index contributed by atoms with van der Waals surface area (Å²) in [5, 5.41) is 2.06. The van der Waals surface area contributed by atoms with Crippen LogP contribution in [0.1, 0.15) is 30.4 Å². The van der Waals surface area contributed by atoms with Crippen LogP contribution in [0.3, 0.4) is 0 Å². The number of anilines is 1. The minimum atomic E-state index is -0.460. The number of hydrogen-bond acceptors (Lipinski definition) is 4. The third-order valence-corrected chi connectivity index (χ3v) is 5.67. The second kappa shape index (κ2) is 8.57. The predicted octanol–water partition coefficient (Wildman–Crippen LogP) is 4.47. The third-order valence-electron chi connectivity index (χ3n) is 5.67. The lowest BCUT2D eigenvalue weighted by Crippen LogP contribution is -2.38. The Kier molecular flexibility index (Phi) is 5.70. The number of benzene rings is 3. The SMILES string of the molecule is COc1ccc2cc([C@@H](C)C(=O)OCC(=O)N3CCCc4ccccc43)ccc2c1. The molecule has 0 saturated heterocycles. The van der Waals surface area contributed by atoms with Gasteiger partial charge in [0.15, 0.2) is 6.61 Å². The molecule has 5 heteroatoms. The average Bonchev–Trinajstić information content (AvgIpc) is 2.80. The van der Waals surface area contributed by atoms with Crippen molar-refractivity contribution in [1.29, 1.82) is 0 Å². The van der Waals surface area contributed by atoms with E-state index in [1.54, 1.807) is 18.9 Å². The molecule has 0 radical (unpaired) electrons. The van der Waals surface area contributed by atoms with Crippen molar-refractivity contribution in [2.75, 3.05) is 25.2 Å². The van der Waals surface area contributed by atoms with E-state index in [1.165, 1.54) is 0 Å². The zero-order valence-electron chi connectivity index (χ0n) is 17.3.